The minimum atomic E-state index is -0.0359. The zero-order chi connectivity index (χ0) is 13.6. The van der Waals surface area contributed by atoms with Gasteiger partial charge in [0.15, 0.2) is 11.2 Å². The van der Waals surface area contributed by atoms with Crippen LogP contribution in [-0.4, -0.2) is 12.1 Å². The maximum absolute atomic E-state index is 12.4. The molecule has 1 aromatic heterocycles. The van der Waals surface area contributed by atoms with Crippen LogP contribution in [-0.2, 0) is 0 Å². The summed E-state index contributed by atoms with van der Waals surface area (Å²) < 4.78 is 6.18. The van der Waals surface area contributed by atoms with E-state index in [-0.39, 0.29) is 5.43 Å². The van der Waals surface area contributed by atoms with Gasteiger partial charge < -0.3 is 9.72 Å². The summed E-state index contributed by atoms with van der Waals surface area (Å²) in [4.78, 5) is 15.7. The average Bonchev–Trinajstić information content (AvgIpc) is 2.38. The molecule has 3 aromatic rings. The first kappa shape index (κ1) is 12.5. The number of nitrogens with one attached hydrogen (secondary N) is 1. The molecule has 0 radical (unpaired) electrons. The van der Waals surface area contributed by atoms with Crippen LogP contribution in [0.2, 0.25) is 5.02 Å². The van der Waals surface area contributed by atoms with Gasteiger partial charge in [-0.15, -0.1) is 0 Å². The smallest absolute Gasteiger partial charge is 0.197 e. The Balaban J connectivity index is 2.57. The van der Waals surface area contributed by atoms with E-state index in [4.69, 9.17) is 16.3 Å². The number of benzene rings is 2. The van der Waals surface area contributed by atoms with E-state index in [1.54, 1.807) is 18.2 Å². The highest BCUT2D eigenvalue weighted by Crippen LogP contribution is 2.32. The number of hydrogen-bond donors (Lipinski definition) is 1. The minimum Gasteiger partial charge on any atom is -0.493 e. The van der Waals surface area contributed by atoms with Gasteiger partial charge in [-0.1, -0.05) is 27.5 Å². The number of halogens is 2. The maximum Gasteiger partial charge on any atom is 0.197 e. The molecule has 0 aliphatic carbocycles. The van der Waals surface area contributed by atoms with Crippen LogP contribution in [0.3, 0.4) is 0 Å². The predicted molar refractivity (Wildman–Crippen MR) is 81.3 cm³/mol. The molecular formula is C14H9BrClNO2. The molecule has 5 heteroatoms. The normalized spacial score (nSPS) is 11.1. The fraction of sp³-hybridized carbons (Fsp3) is 0.0714. The van der Waals surface area contributed by atoms with E-state index in [1.165, 1.54) is 7.11 Å². The van der Waals surface area contributed by atoms with Crippen molar-refractivity contribution in [1.29, 1.82) is 0 Å². The van der Waals surface area contributed by atoms with Crippen molar-refractivity contribution in [2.45, 2.75) is 0 Å². The third kappa shape index (κ3) is 1.91. The average molecular weight is 339 g/mol. The Morgan fingerprint density at radius 1 is 1.21 bits per heavy atom. The molecule has 19 heavy (non-hydrogen) atoms. The van der Waals surface area contributed by atoms with E-state index in [0.717, 1.165) is 9.99 Å². The third-order valence-electron chi connectivity index (χ3n) is 3.04. The van der Waals surface area contributed by atoms with Crippen molar-refractivity contribution >= 4 is 49.3 Å². The predicted octanol–water partition coefficient (Wildman–Crippen LogP) is 4.11. The van der Waals surface area contributed by atoms with E-state index >= 15 is 0 Å². The highest BCUT2D eigenvalue weighted by Gasteiger charge is 2.12. The Labute approximate surface area is 122 Å². The van der Waals surface area contributed by atoms with E-state index in [9.17, 15) is 4.79 Å². The molecule has 3 rings (SSSR count). The van der Waals surface area contributed by atoms with Gasteiger partial charge in [-0.2, -0.15) is 0 Å². The highest BCUT2D eigenvalue weighted by atomic mass is 79.9. The van der Waals surface area contributed by atoms with Gasteiger partial charge in [-0.05, 0) is 30.3 Å². The number of methoxy groups -OCH3 is 1. The molecule has 0 amide bonds. The van der Waals surface area contributed by atoms with E-state index in [2.05, 4.69) is 20.9 Å². The first-order chi connectivity index (χ1) is 9.11. The fourth-order valence-electron chi connectivity index (χ4n) is 2.17. The molecule has 0 atom stereocenters. The van der Waals surface area contributed by atoms with Crippen molar-refractivity contribution in [2.75, 3.05) is 7.11 Å². The highest BCUT2D eigenvalue weighted by molar-refractivity contribution is 9.10. The quantitative estimate of drug-likeness (QED) is 0.679. The molecule has 0 bridgehead atoms. The van der Waals surface area contributed by atoms with Crippen LogP contribution in [0.5, 0.6) is 5.75 Å². The zero-order valence-corrected chi connectivity index (χ0v) is 12.3. The lowest BCUT2D eigenvalue weighted by atomic mass is 10.1. The molecule has 96 valence electrons. The number of ether oxygens (including phenoxy) is 1. The summed E-state index contributed by atoms with van der Waals surface area (Å²) in [5.74, 6) is 0.484. The van der Waals surface area contributed by atoms with Crippen molar-refractivity contribution in [2.24, 2.45) is 0 Å². The van der Waals surface area contributed by atoms with Crippen LogP contribution in [0.25, 0.3) is 21.8 Å². The number of fused-ring (bicyclic) bond motifs is 2. The molecule has 0 saturated carbocycles. The Kier molecular flexibility index (Phi) is 2.99. The molecule has 0 unspecified atom stereocenters. The van der Waals surface area contributed by atoms with Gasteiger partial charge in [0.25, 0.3) is 0 Å². The van der Waals surface area contributed by atoms with Crippen molar-refractivity contribution in [1.82, 2.24) is 4.98 Å². The van der Waals surface area contributed by atoms with Gasteiger partial charge in [-0.25, -0.2) is 0 Å². The lowest BCUT2D eigenvalue weighted by Gasteiger charge is -2.09. The van der Waals surface area contributed by atoms with Crippen molar-refractivity contribution in [3.8, 4) is 5.75 Å². The number of pyridine rings is 1. The van der Waals surface area contributed by atoms with Gasteiger partial charge in [0.2, 0.25) is 0 Å². The summed E-state index contributed by atoms with van der Waals surface area (Å²) >= 11 is 9.47. The van der Waals surface area contributed by atoms with Crippen LogP contribution in [0.4, 0.5) is 0 Å². The van der Waals surface area contributed by atoms with Gasteiger partial charge in [-0.3, -0.25) is 4.79 Å². The molecule has 0 spiro atoms. The first-order valence-electron chi connectivity index (χ1n) is 5.59. The van der Waals surface area contributed by atoms with Crippen LogP contribution in [0.1, 0.15) is 0 Å². The summed E-state index contributed by atoms with van der Waals surface area (Å²) in [6, 6.07) is 8.87. The summed E-state index contributed by atoms with van der Waals surface area (Å²) in [7, 11) is 1.53. The lowest BCUT2D eigenvalue weighted by molar-refractivity contribution is 0.419. The van der Waals surface area contributed by atoms with Crippen LogP contribution in [0.15, 0.2) is 39.6 Å². The molecule has 0 aliphatic rings. The minimum absolute atomic E-state index is 0.0359. The topological polar surface area (TPSA) is 42.1 Å². The lowest BCUT2D eigenvalue weighted by Crippen LogP contribution is -2.05. The first-order valence-corrected chi connectivity index (χ1v) is 6.76. The monoisotopic (exact) mass is 337 g/mol. The Morgan fingerprint density at radius 3 is 2.68 bits per heavy atom. The second-order valence-electron chi connectivity index (χ2n) is 4.15. The van der Waals surface area contributed by atoms with Gasteiger partial charge in [0.05, 0.1) is 28.6 Å². The second kappa shape index (κ2) is 4.54. The second-order valence-corrected chi connectivity index (χ2v) is 5.47. The number of H-pyrrole nitrogens is 1. The maximum atomic E-state index is 12.4. The number of rotatable bonds is 1. The largest absolute Gasteiger partial charge is 0.493 e. The molecule has 1 N–H and O–H groups in total. The van der Waals surface area contributed by atoms with E-state index in [1.807, 2.05) is 12.1 Å². The summed E-state index contributed by atoms with van der Waals surface area (Å²) in [6.07, 6.45) is 0. The van der Waals surface area contributed by atoms with E-state index in [0.29, 0.717) is 27.1 Å². The van der Waals surface area contributed by atoms with Crippen LogP contribution < -0.4 is 10.2 Å². The Morgan fingerprint density at radius 2 is 1.95 bits per heavy atom. The third-order valence-corrected chi connectivity index (χ3v) is 3.84. The number of aromatic amines is 1. The van der Waals surface area contributed by atoms with Gasteiger partial charge in [0.1, 0.15) is 0 Å². The SMILES string of the molecule is COc1c(Cl)ccc2c(=O)c3ccc(Br)cc3[nH]c12. The Bertz CT molecular complexity index is 857. The summed E-state index contributed by atoms with van der Waals surface area (Å²) in [5, 5.41) is 1.68. The van der Waals surface area contributed by atoms with Gasteiger partial charge >= 0.3 is 0 Å². The number of hydrogen-bond acceptors (Lipinski definition) is 2. The number of aromatic nitrogens is 1. The van der Waals surface area contributed by atoms with Crippen molar-refractivity contribution < 1.29 is 4.74 Å². The molecule has 0 aliphatic heterocycles. The molecule has 2 aromatic carbocycles. The molecular weight excluding hydrogens is 330 g/mol. The zero-order valence-electron chi connectivity index (χ0n) is 9.96. The fourth-order valence-corrected chi connectivity index (χ4v) is 2.76. The standard InChI is InChI=1S/C14H9BrClNO2/c1-19-14-10(16)5-4-9-12(14)17-11-6-7(15)2-3-8(11)13(9)18/h2-6H,1H3,(H,17,18). The molecule has 0 saturated heterocycles. The van der Waals surface area contributed by atoms with Crippen LogP contribution >= 0.6 is 27.5 Å². The summed E-state index contributed by atoms with van der Waals surface area (Å²) in [6.45, 7) is 0. The molecule has 1 heterocycles. The van der Waals surface area contributed by atoms with E-state index < -0.39 is 0 Å². The van der Waals surface area contributed by atoms with Crippen LogP contribution in [0, 0.1) is 0 Å². The summed E-state index contributed by atoms with van der Waals surface area (Å²) in [5.41, 5.74) is 1.32. The molecule has 3 nitrogen and oxygen atoms in total. The Hall–Kier alpha value is -1.52. The van der Waals surface area contributed by atoms with Crippen molar-refractivity contribution in [3.63, 3.8) is 0 Å². The van der Waals surface area contributed by atoms with Gasteiger partial charge in [0, 0.05) is 9.86 Å². The molecule has 0 fully saturated rings. The van der Waals surface area contributed by atoms with Crippen molar-refractivity contribution in [3.05, 3.63) is 50.1 Å².